The van der Waals surface area contributed by atoms with Crippen LogP contribution in [0.15, 0.2) is 72.8 Å². The summed E-state index contributed by atoms with van der Waals surface area (Å²) >= 11 is 0. The van der Waals surface area contributed by atoms with Gasteiger partial charge in [0.05, 0.1) is 11.5 Å². The number of hydrogen-bond donors (Lipinski definition) is 0. The maximum atomic E-state index is 7.48. The summed E-state index contributed by atoms with van der Waals surface area (Å²) in [6, 6.07) is 24.7. The quantitative estimate of drug-likeness (QED) is 0.0908. The van der Waals surface area contributed by atoms with Gasteiger partial charge in [-0.25, -0.2) is 0 Å². The van der Waals surface area contributed by atoms with E-state index in [0.717, 1.165) is 43.9 Å². The fourth-order valence-electron chi connectivity index (χ4n) is 8.73. The highest BCUT2D eigenvalue weighted by atomic mass is 16.6. The fraction of sp³-hybridized carbons (Fsp3) is 0.405. The summed E-state index contributed by atoms with van der Waals surface area (Å²) in [6.07, 6.45) is 20.6. The summed E-state index contributed by atoms with van der Waals surface area (Å²) < 4.78 is 17.5. The van der Waals surface area contributed by atoms with Gasteiger partial charge in [-0.05, 0) is 59.8 Å². The minimum atomic E-state index is -2.07. The zero-order valence-corrected chi connectivity index (χ0v) is 28.4. The van der Waals surface area contributed by atoms with Gasteiger partial charge in [0.2, 0.25) is 0 Å². The highest BCUT2D eigenvalue weighted by Crippen LogP contribution is 2.47. The molecular weight excluding hydrogens is 575 g/mol. The molecule has 0 radical (unpaired) electrons. The molecule has 0 N–H and O–H groups in total. The van der Waals surface area contributed by atoms with E-state index in [1.807, 2.05) is 0 Å². The van der Waals surface area contributed by atoms with Crippen molar-refractivity contribution in [1.82, 2.24) is 4.49 Å². The Balaban J connectivity index is 1.31. The van der Waals surface area contributed by atoms with E-state index < -0.39 is 6.82 Å². The van der Waals surface area contributed by atoms with Crippen molar-refractivity contribution in [3.63, 3.8) is 0 Å². The second-order valence-electron chi connectivity index (χ2n) is 14.1. The van der Waals surface area contributed by atoms with Crippen LogP contribution in [0.2, 0.25) is 0 Å². The topological polar surface area (TPSA) is 24.7 Å². The summed E-state index contributed by atoms with van der Waals surface area (Å²) in [7, 11) is 0. The normalized spacial score (nSPS) is 17.7. The molecule has 242 valence electrons. The molecule has 1 spiro atoms. The molecule has 3 aliphatic rings. The van der Waals surface area contributed by atoms with Crippen molar-refractivity contribution in [3.8, 4) is 11.5 Å². The van der Waals surface area contributed by atoms with Crippen LogP contribution in [0, 0.1) is 0 Å². The predicted octanol–water partition coefficient (Wildman–Crippen LogP) is 10.4. The van der Waals surface area contributed by atoms with E-state index in [4.69, 9.17) is 9.31 Å². The average molecular weight is 625 g/mol. The first-order chi connectivity index (χ1) is 23.2. The van der Waals surface area contributed by atoms with Crippen molar-refractivity contribution in [2.24, 2.45) is 0 Å². The van der Waals surface area contributed by atoms with Crippen LogP contribution < -0.4 is 24.0 Å². The number of hydrogen-bond acceptors (Lipinski definition) is 3. The summed E-state index contributed by atoms with van der Waals surface area (Å²) in [5, 5.41) is 8.84. The van der Waals surface area contributed by atoms with Crippen LogP contribution in [0.1, 0.15) is 102 Å². The van der Waals surface area contributed by atoms with Crippen molar-refractivity contribution >= 4 is 50.9 Å². The van der Waals surface area contributed by atoms with E-state index >= 15 is 0 Å². The molecule has 1 aliphatic carbocycles. The van der Waals surface area contributed by atoms with Gasteiger partial charge in [-0.1, -0.05) is 132 Å². The first-order valence-corrected chi connectivity index (χ1v) is 18.7. The minimum Gasteiger partial charge on any atom is -0.601 e. The van der Waals surface area contributed by atoms with Crippen LogP contribution in [0.4, 0.5) is 5.69 Å². The SMILES string of the molecule is CCCCCCCCN1c2cc(c3cccc4c3c2CC=C4)O[B-]12Oc1cc(c3cccc4cccc1c43)=[N+]2CCCCCCCC. The number of unbranched alkanes of at least 4 members (excludes halogenated alkanes) is 10. The lowest BCUT2D eigenvalue weighted by atomic mass is 9.75. The zero-order valence-electron chi connectivity index (χ0n) is 28.4. The van der Waals surface area contributed by atoms with Gasteiger partial charge >= 0.3 is 6.82 Å². The molecule has 5 aromatic carbocycles. The van der Waals surface area contributed by atoms with E-state index in [9.17, 15) is 0 Å². The van der Waals surface area contributed by atoms with Gasteiger partial charge in [0.1, 0.15) is 6.54 Å². The van der Waals surface area contributed by atoms with E-state index in [-0.39, 0.29) is 0 Å². The molecule has 8 rings (SSSR count). The van der Waals surface area contributed by atoms with Crippen molar-refractivity contribution in [1.29, 1.82) is 0 Å². The third-order valence-corrected chi connectivity index (χ3v) is 11.0. The summed E-state index contributed by atoms with van der Waals surface area (Å²) in [4.78, 5) is 2.58. The van der Waals surface area contributed by atoms with E-state index in [2.05, 4.69) is 102 Å². The summed E-state index contributed by atoms with van der Waals surface area (Å²) in [6.45, 7) is 4.33. The Morgan fingerprint density at radius 1 is 0.681 bits per heavy atom. The lowest BCUT2D eigenvalue weighted by Gasteiger charge is -2.51. The molecule has 1 atom stereocenters. The van der Waals surface area contributed by atoms with Gasteiger partial charge in [-0.3, -0.25) is 0 Å². The minimum absolute atomic E-state index is 0.902. The van der Waals surface area contributed by atoms with Crippen LogP contribution in [0.25, 0.3) is 38.4 Å². The number of rotatable bonds is 14. The van der Waals surface area contributed by atoms with Crippen LogP contribution in [-0.2, 0) is 6.42 Å². The van der Waals surface area contributed by atoms with Gasteiger partial charge in [0, 0.05) is 39.7 Å². The van der Waals surface area contributed by atoms with Gasteiger partial charge in [0.25, 0.3) is 0 Å². The van der Waals surface area contributed by atoms with E-state index in [1.165, 1.54) is 119 Å². The van der Waals surface area contributed by atoms with Crippen molar-refractivity contribution in [2.75, 3.05) is 17.9 Å². The van der Waals surface area contributed by atoms with Crippen molar-refractivity contribution < 1.29 is 9.31 Å². The molecule has 4 nitrogen and oxygen atoms in total. The van der Waals surface area contributed by atoms with Crippen molar-refractivity contribution in [2.45, 2.75) is 97.3 Å². The molecule has 0 fully saturated rings. The fourth-order valence-corrected chi connectivity index (χ4v) is 8.73. The largest absolute Gasteiger partial charge is 0.770 e. The van der Waals surface area contributed by atoms with Gasteiger partial charge in [0.15, 0.2) is 5.36 Å². The monoisotopic (exact) mass is 624 g/mol. The molecule has 0 saturated carbocycles. The molecule has 5 aromatic rings. The second-order valence-corrected chi connectivity index (χ2v) is 14.1. The lowest BCUT2D eigenvalue weighted by Crippen LogP contribution is -2.77. The molecular formula is C42H49BN2O2. The summed E-state index contributed by atoms with van der Waals surface area (Å²) in [5.41, 5.74) is 4.00. The number of benzene rings is 5. The number of nitrogens with zero attached hydrogens (tertiary/aromatic N) is 2. The Hall–Kier alpha value is -3.99. The van der Waals surface area contributed by atoms with E-state index in [0.29, 0.717) is 0 Å². The van der Waals surface area contributed by atoms with Gasteiger partial charge in [-0.15, -0.1) is 0 Å². The Morgan fingerprint density at radius 3 is 2.09 bits per heavy atom. The highest BCUT2D eigenvalue weighted by Gasteiger charge is 2.59. The first-order valence-electron chi connectivity index (χ1n) is 18.7. The predicted molar refractivity (Wildman–Crippen MR) is 201 cm³/mol. The average Bonchev–Trinajstić information content (AvgIpc) is 3.10. The lowest BCUT2D eigenvalue weighted by molar-refractivity contribution is 0.324. The van der Waals surface area contributed by atoms with Crippen LogP contribution in [0.5, 0.6) is 11.5 Å². The summed E-state index contributed by atoms with van der Waals surface area (Å²) in [5.74, 6) is 1.90. The standard InChI is InChI=1S/C42H49BN2O2/c1-3-5-7-9-11-13-27-44-37-29-39(35-25-17-21-31-19-15-23-33(37)41(31)35)46-43(44)45(28-14-12-10-8-6-4-2)38-30-40(47-43)36-26-18-22-32-20-16-24-34(38)42(32)36/h15-23,25-26,29-30H,3-14,24,27-28H2,1-2H3. The van der Waals surface area contributed by atoms with Gasteiger partial charge in [-0.2, -0.15) is 0 Å². The molecule has 47 heavy (non-hydrogen) atoms. The van der Waals surface area contributed by atoms with Crippen LogP contribution in [-0.4, -0.2) is 19.9 Å². The maximum absolute atomic E-state index is 7.48. The molecule has 0 aromatic heterocycles. The third kappa shape index (κ3) is 5.18. The zero-order chi connectivity index (χ0) is 31.8. The first kappa shape index (κ1) is 30.4. The second kappa shape index (κ2) is 12.9. The Labute approximate surface area is 280 Å². The molecule has 0 amide bonds. The number of anilines is 1. The molecule has 2 aliphatic heterocycles. The molecule has 4 bridgehead atoms. The Kier molecular flexibility index (Phi) is 8.33. The van der Waals surface area contributed by atoms with E-state index in [1.54, 1.807) is 0 Å². The van der Waals surface area contributed by atoms with Crippen molar-refractivity contribution in [3.05, 3.63) is 89.3 Å². The molecule has 2 heterocycles. The van der Waals surface area contributed by atoms with Crippen LogP contribution in [0.3, 0.4) is 0 Å². The molecule has 1 unspecified atom stereocenters. The molecule has 5 heteroatoms. The third-order valence-electron chi connectivity index (χ3n) is 11.0. The number of fused-ring (bicyclic) bond motifs is 8. The maximum Gasteiger partial charge on any atom is 0.770 e. The highest BCUT2D eigenvalue weighted by molar-refractivity contribution is 6.72. The van der Waals surface area contributed by atoms with Gasteiger partial charge < -0.3 is 18.6 Å². The Bertz CT molecular complexity index is 2030. The Morgan fingerprint density at radius 2 is 1.32 bits per heavy atom. The van der Waals surface area contributed by atoms with Crippen LogP contribution >= 0.6 is 0 Å². The smallest absolute Gasteiger partial charge is 0.601 e. The number of allylic oxidation sites excluding steroid dienone is 1. The molecule has 0 saturated heterocycles.